The van der Waals surface area contributed by atoms with Gasteiger partial charge in [0.1, 0.15) is 0 Å². The molecule has 1 heterocycles. The van der Waals surface area contributed by atoms with Crippen LogP contribution in [0.2, 0.25) is 0 Å². The molecule has 4 heteroatoms. The van der Waals surface area contributed by atoms with Gasteiger partial charge in [0.25, 0.3) is 0 Å². The molecule has 1 aliphatic carbocycles. The van der Waals surface area contributed by atoms with E-state index < -0.39 is 27.4 Å². The molecule has 1 unspecified atom stereocenters. The quantitative estimate of drug-likeness (QED) is 0.175. The number of hydrogen-bond donors (Lipinski definition) is 0. The zero-order chi connectivity index (χ0) is 25.7. The molecule has 0 aromatic heterocycles. The van der Waals surface area contributed by atoms with Gasteiger partial charge >= 0.3 is 237 Å². The van der Waals surface area contributed by atoms with Gasteiger partial charge in [-0.2, -0.15) is 0 Å². The molecule has 0 saturated carbocycles. The Balaban J connectivity index is 1.54. The monoisotopic (exact) mass is 616 g/mol. The second-order valence-electron chi connectivity index (χ2n) is 10.5. The van der Waals surface area contributed by atoms with Gasteiger partial charge in [0.2, 0.25) is 0 Å². The molecule has 0 nitrogen and oxygen atoms in total. The van der Waals surface area contributed by atoms with E-state index in [4.69, 9.17) is 17.0 Å². The molecule has 2 aliphatic rings. The number of allylic oxidation sites excluding steroid dienone is 1. The molecule has 186 valence electrons. The normalized spacial score (nSPS) is 16.5. The molecule has 4 aromatic carbocycles. The number of halogens is 2. The van der Waals surface area contributed by atoms with E-state index in [0.29, 0.717) is 0 Å². The fourth-order valence-corrected chi connectivity index (χ4v) is 23.4. The van der Waals surface area contributed by atoms with E-state index in [0.717, 1.165) is 19.3 Å². The van der Waals surface area contributed by atoms with Crippen molar-refractivity contribution in [1.82, 2.24) is 0 Å². The Morgan fingerprint density at radius 3 is 2.30 bits per heavy atom. The SMILES string of the molecule is CCCC1=Cc2c(ccc(CC)c2-c2ccccc2C)[CH]1[Zr]([Cl])([Cl])[c]1cccc2c1[SiH2]c1ccccc1-2. The first-order valence-electron chi connectivity index (χ1n) is 13.5. The van der Waals surface area contributed by atoms with Crippen molar-refractivity contribution in [3.63, 3.8) is 0 Å². The zero-order valence-electron chi connectivity index (χ0n) is 21.7. The second-order valence-corrected chi connectivity index (χ2v) is 26.3. The van der Waals surface area contributed by atoms with Crippen LogP contribution in [0.25, 0.3) is 28.3 Å². The fourth-order valence-electron chi connectivity index (χ4n) is 6.58. The van der Waals surface area contributed by atoms with E-state index in [2.05, 4.69) is 106 Å². The molecule has 0 bridgehead atoms. The first-order chi connectivity index (χ1) is 18.0. The molecule has 0 spiro atoms. The van der Waals surface area contributed by atoms with Crippen molar-refractivity contribution in [2.24, 2.45) is 0 Å². The van der Waals surface area contributed by atoms with Gasteiger partial charge in [0.15, 0.2) is 0 Å². The maximum atomic E-state index is 7.81. The molecular weight excluding hydrogens is 587 g/mol. The number of benzene rings is 4. The Labute approximate surface area is 235 Å². The Bertz CT molecular complexity index is 1550. The van der Waals surface area contributed by atoms with Crippen LogP contribution in [0, 0.1) is 6.92 Å². The van der Waals surface area contributed by atoms with E-state index in [1.165, 1.54) is 63.7 Å². The summed E-state index contributed by atoms with van der Waals surface area (Å²) >= 11 is -3.93. The van der Waals surface area contributed by atoms with Crippen LogP contribution in [0.3, 0.4) is 0 Å². The molecular formula is C33H32Cl2SiZr. The summed E-state index contributed by atoms with van der Waals surface area (Å²) in [5, 5.41) is 3.02. The number of rotatable bonds is 6. The molecule has 1 atom stereocenters. The molecule has 37 heavy (non-hydrogen) atoms. The van der Waals surface area contributed by atoms with Crippen LogP contribution in [0.5, 0.6) is 0 Å². The summed E-state index contributed by atoms with van der Waals surface area (Å²) in [4.78, 5) is 0. The van der Waals surface area contributed by atoms with E-state index in [9.17, 15) is 0 Å². The Morgan fingerprint density at radius 2 is 1.54 bits per heavy atom. The van der Waals surface area contributed by atoms with Crippen molar-refractivity contribution in [2.75, 3.05) is 0 Å². The maximum absolute atomic E-state index is 7.81. The third kappa shape index (κ3) is 4.20. The van der Waals surface area contributed by atoms with E-state index in [1.807, 2.05) is 0 Å². The third-order valence-corrected chi connectivity index (χ3v) is 22.6. The van der Waals surface area contributed by atoms with Crippen LogP contribution in [0.4, 0.5) is 0 Å². The van der Waals surface area contributed by atoms with Gasteiger partial charge in [-0.05, 0) is 0 Å². The molecule has 6 rings (SSSR count). The summed E-state index contributed by atoms with van der Waals surface area (Å²) in [5.74, 6) is 0. The van der Waals surface area contributed by atoms with Crippen molar-refractivity contribution in [2.45, 2.75) is 43.7 Å². The Hall–Kier alpha value is -1.70. The van der Waals surface area contributed by atoms with Crippen LogP contribution in [0.1, 0.15) is 52.6 Å². The summed E-state index contributed by atoms with van der Waals surface area (Å²) in [6, 6.07) is 29.1. The first kappa shape index (κ1) is 25.6. The van der Waals surface area contributed by atoms with Gasteiger partial charge in [-0.15, -0.1) is 0 Å². The molecule has 0 N–H and O–H groups in total. The van der Waals surface area contributed by atoms with Gasteiger partial charge in [0, 0.05) is 0 Å². The minimum atomic E-state index is -3.93. The van der Waals surface area contributed by atoms with Gasteiger partial charge in [-0.25, -0.2) is 0 Å². The van der Waals surface area contributed by atoms with E-state index in [1.54, 1.807) is 0 Å². The van der Waals surface area contributed by atoms with Crippen LogP contribution < -0.4 is 13.6 Å². The number of aryl methyl sites for hydroxylation is 2. The van der Waals surface area contributed by atoms with Gasteiger partial charge in [-0.3, -0.25) is 0 Å². The van der Waals surface area contributed by atoms with Gasteiger partial charge in [-0.1, -0.05) is 0 Å². The number of hydrogen-bond acceptors (Lipinski definition) is 0. The standard InChI is InChI=1S/C21H23.C12H9Si.2ClH.Zr/c1-4-8-16-13-18-12-11-17(5-2)21(20(18)14-16)19-10-7-6-9-15(19)3;1-3-7-11-9(5-1)10-6-2-4-8-12(10)13-11;;;/h6-7,9-14H,4-5,8H2,1-3H3;1-7H,13H2;2*1H;/q;;;;+2/p-2. The fraction of sp³-hybridized carbons (Fsp3) is 0.212. The van der Waals surface area contributed by atoms with Crippen molar-refractivity contribution < 1.29 is 17.9 Å². The Kier molecular flexibility index (Phi) is 7.00. The zero-order valence-corrected chi connectivity index (χ0v) is 27.1. The first-order valence-corrected chi connectivity index (χ1v) is 23.9. The number of fused-ring (bicyclic) bond motifs is 4. The predicted octanol–water partition coefficient (Wildman–Crippen LogP) is 7.35. The summed E-state index contributed by atoms with van der Waals surface area (Å²) in [6.07, 6.45) is 5.61. The third-order valence-electron chi connectivity index (χ3n) is 8.28. The summed E-state index contributed by atoms with van der Waals surface area (Å²) in [6.45, 7) is 6.75. The van der Waals surface area contributed by atoms with Crippen molar-refractivity contribution in [3.05, 3.63) is 107 Å². The summed E-state index contributed by atoms with van der Waals surface area (Å²) in [5.41, 5.74) is 12.4. The molecule has 0 radical (unpaired) electrons. The Morgan fingerprint density at radius 1 is 0.811 bits per heavy atom. The minimum absolute atomic E-state index is 0.144. The van der Waals surface area contributed by atoms with Crippen molar-refractivity contribution in [1.29, 1.82) is 0 Å². The molecule has 1 aliphatic heterocycles. The second kappa shape index (κ2) is 10.1. The van der Waals surface area contributed by atoms with Gasteiger partial charge < -0.3 is 0 Å². The average molecular weight is 619 g/mol. The van der Waals surface area contributed by atoms with E-state index in [-0.39, 0.29) is 3.63 Å². The molecule has 0 saturated heterocycles. The van der Waals surface area contributed by atoms with Crippen LogP contribution in [0.15, 0.2) is 84.4 Å². The summed E-state index contributed by atoms with van der Waals surface area (Å²) < 4.78 is 1.46. The van der Waals surface area contributed by atoms with Crippen LogP contribution in [-0.2, 0) is 24.3 Å². The predicted molar refractivity (Wildman–Crippen MR) is 163 cm³/mol. The summed E-state index contributed by atoms with van der Waals surface area (Å²) in [7, 11) is 15.0. The topological polar surface area (TPSA) is 0 Å². The van der Waals surface area contributed by atoms with Crippen molar-refractivity contribution >= 4 is 46.3 Å². The molecule has 4 aromatic rings. The van der Waals surface area contributed by atoms with E-state index >= 15 is 0 Å². The molecule has 0 fully saturated rings. The molecule has 0 amide bonds. The van der Waals surface area contributed by atoms with Gasteiger partial charge in [0.05, 0.1) is 0 Å². The van der Waals surface area contributed by atoms with Crippen LogP contribution in [-0.4, -0.2) is 9.52 Å². The van der Waals surface area contributed by atoms with Crippen LogP contribution >= 0.6 is 17.0 Å². The average Bonchev–Trinajstić information content (AvgIpc) is 3.47. The van der Waals surface area contributed by atoms with Crippen molar-refractivity contribution in [3.8, 4) is 22.3 Å².